The monoisotopic (exact) mass is 403 g/mol. The van der Waals surface area contributed by atoms with Gasteiger partial charge in [-0.2, -0.15) is 11.3 Å². The largest absolute Gasteiger partial charge is 0.493 e. The van der Waals surface area contributed by atoms with E-state index in [9.17, 15) is 4.79 Å². The van der Waals surface area contributed by atoms with Crippen molar-refractivity contribution in [2.45, 2.75) is 13.1 Å². The third-order valence-corrected chi connectivity index (χ3v) is 5.84. The van der Waals surface area contributed by atoms with Gasteiger partial charge < -0.3 is 14.4 Å². The minimum Gasteiger partial charge on any atom is -0.493 e. The minimum atomic E-state index is 0.180. The van der Waals surface area contributed by atoms with Crippen LogP contribution in [0.2, 0.25) is 0 Å². The molecule has 0 unspecified atom stereocenters. The number of piperazine rings is 1. The average molecular weight is 404 g/mol. The van der Waals surface area contributed by atoms with Crippen LogP contribution < -0.4 is 9.47 Å². The molecule has 152 valence electrons. The van der Waals surface area contributed by atoms with Gasteiger partial charge in [0.2, 0.25) is 5.91 Å². The molecular weight excluding hydrogens is 374 g/mol. The number of rotatable bonds is 8. The summed E-state index contributed by atoms with van der Waals surface area (Å²) in [5, 5.41) is 4.14. The van der Waals surface area contributed by atoms with Crippen molar-refractivity contribution < 1.29 is 14.3 Å². The number of ether oxygens (including phenoxy) is 2. The van der Waals surface area contributed by atoms with E-state index in [2.05, 4.69) is 27.3 Å². The lowest BCUT2D eigenvalue weighted by atomic mass is 10.1. The van der Waals surface area contributed by atoms with E-state index < -0.39 is 0 Å². The molecule has 1 saturated heterocycles. The van der Waals surface area contributed by atoms with Gasteiger partial charge in [-0.1, -0.05) is 6.07 Å². The number of benzene rings is 1. The molecule has 0 saturated carbocycles. The second-order valence-electron chi connectivity index (χ2n) is 7.12. The summed E-state index contributed by atoms with van der Waals surface area (Å²) < 4.78 is 10.7. The normalized spacial score (nSPS) is 15.4. The van der Waals surface area contributed by atoms with Crippen molar-refractivity contribution in [2.75, 3.05) is 54.0 Å². The SMILES string of the molecule is COc1ccc(CN2CCN(CC(=O)N(C)Cc3ccsc3)CC2)cc1OC. The summed E-state index contributed by atoms with van der Waals surface area (Å²) in [7, 11) is 5.19. The van der Waals surface area contributed by atoms with E-state index in [1.807, 2.05) is 29.5 Å². The van der Waals surface area contributed by atoms with Crippen molar-refractivity contribution in [2.24, 2.45) is 0 Å². The third kappa shape index (κ3) is 5.47. The van der Waals surface area contributed by atoms with Gasteiger partial charge in [0.15, 0.2) is 11.5 Å². The molecule has 1 aromatic heterocycles. The Bertz CT molecular complexity index is 758. The molecule has 0 aliphatic carbocycles. The van der Waals surface area contributed by atoms with E-state index in [0.29, 0.717) is 13.1 Å². The maximum Gasteiger partial charge on any atom is 0.236 e. The Morgan fingerprint density at radius 1 is 1.04 bits per heavy atom. The highest BCUT2D eigenvalue weighted by Crippen LogP contribution is 2.28. The maximum atomic E-state index is 12.5. The van der Waals surface area contributed by atoms with Gasteiger partial charge in [0.1, 0.15) is 0 Å². The van der Waals surface area contributed by atoms with Crippen LogP contribution in [-0.2, 0) is 17.9 Å². The lowest BCUT2D eigenvalue weighted by Crippen LogP contribution is -2.49. The van der Waals surface area contributed by atoms with E-state index >= 15 is 0 Å². The number of carbonyl (C=O) groups is 1. The molecule has 2 aromatic rings. The number of carbonyl (C=O) groups excluding carboxylic acids is 1. The van der Waals surface area contributed by atoms with Crippen molar-refractivity contribution in [1.29, 1.82) is 0 Å². The molecule has 1 amide bonds. The summed E-state index contributed by atoms with van der Waals surface area (Å²) in [6.45, 7) is 5.77. The fourth-order valence-electron chi connectivity index (χ4n) is 3.40. The highest BCUT2D eigenvalue weighted by atomic mass is 32.1. The van der Waals surface area contributed by atoms with E-state index in [1.54, 1.807) is 25.6 Å². The predicted octanol–water partition coefficient (Wildman–Crippen LogP) is 2.54. The van der Waals surface area contributed by atoms with Crippen molar-refractivity contribution in [3.63, 3.8) is 0 Å². The summed E-state index contributed by atoms with van der Waals surface area (Å²) in [6, 6.07) is 8.14. The van der Waals surface area contributed by atoms with Gasteiger partial charge in [0.05, 0.1) is 20.8 Å². The summed E-state index contributed by atoms with van der Waals surface area (Å²) in [5.74, 6) is 1.69. The second kappa shape index (κ2) is 9.91. The van der Waals surface area contributed by atoms with Crippen LogP contribution in [0, 0.1) is 0 Å². The number of thiophene rings is 1. The molecule has 1 aromatic carbocycles. The summed E-state index contributed by atoms with van der Waals surface area (Å²) in [4.78, 5) is 19.0. The first-order valence-corrected chi connectivity index (χ1v) is 10.4. The Kier molecular flexibility index (Phi) is 7.30. The zero-order valence-corrected chi connectivity index (χ0v) is 17.7. The van der Waals surface area contributed by atoms with Gasteiger partial charge >= 0.3 is 0 Å². The first-order chi connectivity index (χ1) is 13.6. The second-order valence-corrected chi connectivity index (χ2v) is 7.90. The molecule has 28 heavy (non-hydrogen) atoms. The van der Waals surface area contributed by atoms with E-state index in [4.69, 9.17) is 9.47 Å². The Morgan fingerprint density at radius 3 is 2.39 bits per heavy atom. The lowest BCUT2D eigenvalue weighted by molar-refractivity contribution is -0.132. The van der Waals surface area contributed by atoms with Crippen molar-refractivity contribution in [3.05, 3.63) is 46.2 Å². The predicted molar refractivity (Wildman–Crippen MR) is 112 cm³/mol. The molecule has 2 heterocycles. The van der Waals surface area contributed by atoms with Crippen molar-refractivity contribution in [1.82, 2.24) is 14.7 Å². The van der Waals surface area contributed by atoms with Crippen LogP contribution in [-0.4, -0.2) is 74.6 Å². The van der Waals surface area contributed by atoms with Crippen LogP contribution in [0.5, 0.6) is 11.5 Å². The molecule has 1 fully saturated rings. The quantitative estimate of drug-likeness (QED) is 0.678. The van der Waals surface area contributed by atoms with Gasteiger partial charge in [0, 0.05) is 46.3 Å². The smallest absolute Gasteiger partial charge is 0.236 e. The van der Waals surface area contributed by atoms with Crippen LogP contribution in [0.3, 0.4) is 0 Å². The molecule has 0 bridgehead atoms. The highest BCUT2D eigenvalue weighted by Gasteiger charge is 2.21. The van der Waals surface area contributed by atoms with E-state index in [0.717, 1.165) is 44.2 Å². The molecule has 0 radical (unpaired) electrons. The van der Waals surface area contributed by atoms with Crippen LogP contribution in [0.25, 0.3) is 0 Å². The van der Waals surface area contributed by atoms with Crippen LogP contribution in [0.15, 0.2) is 35.0 Å². The van der Waals surface area contributed by atoms with Gasteiger partial charge in [-0.3, -0.25) is 14.6 Å². The Hall–Kier alpha value is -2.09. The van der Waals surface area contributed by atoms with Crippen molar-refractivity contribution in [3.8, 4) is 11.5 Å². The van der Waals surface area contributed by atoms with E-state index in [1.165, 1.54) is 11.1 Å². The fraction of sp³-hybridized carbons (Fsp3) is 0.476. The van der Waals surface area contributed by atoms with Gasteiger partial charge in [-0.05, 0) is 40.1 Å². The molecule has 3 rings (SSSR count). The average Bonchev–Trinajstić information content (AvgIpc) is 3.22. The number of nitrogens with zero attached hydrogens (tertiary/aromatic N) is 3. The number of likely N-dealkylation sites (N-methyl/N-ethyl adjacent to an activating group) is 1. The summed E-state index contributed by atoms with van der Waals surface area (Å²) in [5.41, 5.74) is 2.40. The minimum absolute atomic E-state index is 0.180. The van der Waals surface area contributed by atoms with Crippen LogP contribution in [0.4, 0.5) is 0 Å². The Morgan fingerprint density at radius 2 is 1.75 bits per heavy atom. The van der Waals surface area contributed by atoms with Crippen molar-refractivity contribution >= 4 is 17.2 Å². The maximum absolute atomic E-state index is 12.5. The molecule has 6 nitrogen and oxygen atoms in total. The lowest BCUT2D eigenvalue weighted by Gasteiger charge is -2.35. The number of hydrogen-bond donors (Lipinski definition) is 0. The topological polar surface area (TPSA) is 45.2 Å². The molecule has 0 N–H and O–H groups in total. The highest BCUT2D eigenvalue weighted by molar-refractivity contribution is 7.07. The molecule has 1 aliphatic heterocycles. The van der Waals surface area contributed by atoms with E-state index in [-0.39, 0.29) is 5.91 Å². The first-order valence-electron chi connectivity index (χ1n) is 9.49. The number of hydrogen-bond acceptors (Lipinski definition) is 6. The molecular formula is C21H29N3O3S. The fourth-order valence-corrected chi connectivity index (χ4v) is 4.06. The molecule has 0 atom stereocenters. The van der Waals surface area contributed by atoms with Crippen LogP contribution in [0.1, 0.15) is 11.1 Å². The number of amides is 1. The zero-order valence-electron chi connectivity index (χ0n) is 16.9. The van der Waals surface area contributed by atoms with Gasteiger partial charge in [-0.25, -0.2) is 0 Å². The first kappa shape index (κ1) is 20.6. The Balaban J connectivity index is 1.44. The van der Waals surface area contributed by atoms with Gasteiger partial charge in [-0.15, -0.1) is 0 Å². The molecule has 0 spiro atoms. The number of methoxy groups -OCH3 is 2. The van der Waals surface area contributed by atoms with Gasteiger partial charge in [0.25, 0.3) is 0 Å². The summed E-state index contributed by atoms with van der Waals surface area (Å²) in [6.07, 6.45) is 0. The molecule has 7 heteroatoms. The van der Waals surface area contributed by atoms with Crippen LogP contribution >= 0.6 is 11.3 Å². The standard InChI is InChI=1S/C21H29N3O3S/c1-22(13-18-6-11-28-16-18)21(25)15-24-9-7-23(8-10-24)14-17-4-5-19(26-2)20(12-17)27-3/h4-6,11-12,16H,7-10,13-15H2,1-3H3. The molecule has 1 aliphatic rings. The zero-order chi connectivity index (χ0) is 19.9. The third-order valence-electron chi connectivity index (χ3n) is 5.10. The summed E-state index contributed by atoms with van der Waals surface area (Å²) >= 11 is 1.67. The Labute approximate surface area is 171 Å².